The van der Waals surface area contributed by atoms with Gasteiger partial charge >= 0.3 is 201 Å². The fraction of sp³-hybridized carbons (Fsp3) is 0.479. The summed E-state index contributed by atoms with van der Waals surface area (Å²) in [7, 11) is -8.78. The molecule has 10 N–H and O–H groups in total. The van der Waals surface area contributed by atoms with Gasteiger partial charge in [-0.25, -0.2) is 13.4 Å². The van der Waals surface area contributed by atoms with Crippen LogP contribution in [-0.4, -0.2) is 235 Å². The van der Waals surface area contributed by atoms with Gasteiger partial charge in [0.1, 0.15) is 11.6 Å². The van der Waals surface area contributed by atoms with E-state index in [0.29, 0.717) is 54.3 Å². The quantitative estimate of drug-likeness (QED) is 0.0450. The number of hydrogen-bond acceptors (Lipinski definition) is 22. The number of carboxylic acid groups (broad SMARTS) is 1. The third-order valence-corrected chi connectivity index (χ3v) is 19.7. The summed E-state index contributed by atoms with van der Waals surface area (Å²) in [5, 5.41) is 20.8. The molecule has 4 bridgehead atoms. The van der Waals surface area contributed by atoms with Crippen LogP contribution in [0.25, 0.3) is 10.9 Å². The van der Waals surface area contributed by atoms with Crippen LogP contribution in [0, 0.1) is 20.8 Å². The number of carbonyl (C=O) groups excluding carboxylic acids is 6. The van der Waals surface area contributed by atoms with Gasteiger partial charge < -0.3 is 44.3 Å². The number of carboxylic acids is 1. The van der Waals surface area contributed by atoms with Crippen LogP contribution in [-0.2, 0) is 60.4 Å². The zero-order chi connectivity index (χ0) is 57.9. The van der Waals surface area contributed by atoms with Gasteiger partial charge in [-0.05, 0) is 56.0 Å². The van der Waals surface area contributed by atoms with Gasteiger partial charge in [0, 0.05) is 50.2 Å². The molecule has 3 saturated heterocycles. The number of rotatable bonds is 20. The number of anilines is 1. The second-order valence-electron chi connectivity index (χ2n) is 19.6. The van der Waals surface area contributed by atoms with E-state index < -0.39 is 121 Å². The van der Waals surface area contributed by atoms with E-state index in [4.69, 9.17) is 8.56 Å². The van der Waals surface area contributed by atoms with Crippen LogP contribution >= 0.6 is 10.9 Å². The van der Waals surface area contributed by atoms with E-state index in [1.165, 1.54) is 12.3 Å². The molecule has 4 atom stereocenters. The summed E-state index contributed by atoms with van der Waals surface area (Å²) in [4.78, 5) is 121. The number of pyridine rings is 1. The maximum Gasteiger partial charge on any atom is 0.323 e. The number of amides is 3. The number of fused-ring (bicyclic) bond motifs is 8. The average molecular weight is 1260 g/mol. The molecule has 80 heavy (non-hydrogen) atoms. The van der Waals surface area contributed by atoms with Crippen molar-refractivity contribution < 1.29 is 69.3 Å². The summed E-state index contributed by atoms with van der Waals surface area (Å²) in [6, 6.07) is 4.62. The molecule has 3 aliphatic rings. The summed E-state index contributed by atoms with van der Waals surface area (Å²) in [5.41, 5.74) is 1.48. The molecule has 0 aliphatic carbocycles. The number of hydrogen-bond donors (Lipinski definition) is 10. The number of aryl methyl sites for hydroxylation is 4. The SMILES string of the molecule is Cc1cc(C)c(S(=O)(=O)N[C@@H](CNC(=O)c2cn(CCCNC(=O)[C@H](CS(O)(O)O)NC(=O)CN3CCN4CCN5CCN(CC3)CC(=O)[O][In]([O]C(=O)C4)[O]C(=O)C5)c3cc(CNc4ncc[nH]4)ccc3c2=O)C(=O)O)c(C)c1. The van der Waals surface area contributed by atoms with E-state index >= 15 is 0 Å². The zero-order valence-electron chi connectivity index (χ0n) is 44.2. The van der Waals surface area contributed by atoms with Crippen molar-refractivity contribution in [1.29, 1.82) is 0 Å². The number of carbonyl (C=O) groups is 7. The zero-order valence-corrected chi connectivity index (χ0v) is 49.1. The average Bonchev–Trinajstić information content (AvgIpc) is 3.93. The molecule has 2 aromatic carbocycles. The van der Waals surface area contributed by atoms with E-state index in [0.717, 1.165) is 5.56 Å². The second kappa shape index (κ2) is 27.5. The molecular weight excluding hydrogens is 1200 g/mol. The molecule has 434 valence electrons. The van der Waals surface area contributed by atoms with Crippen LogP contribution in [0.5, 0.6) is 0 Å². The predicted octanol–water partition coefficient (Wildman–Crippen LogP) is -1.50. The molecule has 3 fully saturated rings. The summed E-state index contributed by atoms with van der Waals surface area (Å²) in [6.07, 6.45) is 4.53. The first-order valence-electron chi connectivity index (χ1n) is 25.4. The van der Waals surface area contributed by atoms with E-state index in [2.05, 4.69) is 36.0 Å². The molecule has 7 rings (SSSR count). The number of aromatic nitrogens is 3. The maximum absolute atomic E-state index is 14.0. The number of aliphatic carboxylic acids is 1. The number of sulfonamides is 1. The summed E-state index contributed by atoms with van der Waals surface area (Å²) in [6.45, 7) is 5.73. The molecule has 29 nitrogen and oxygen atoms in total. The standard InChI is InChI=1S/C48H68N12O17S2.In/c1-30-19-31(2)44(32(3)20-30)79(76,77)55-36(47(71)72)23-52-45(69)35-24-60(38-21-33(5-6-34(38)43(35)68)22-53-48-50-8-9-51-48)10-4-7-49-46(70)37(29-78(73,74)75)54-39(61)25-56-11-13-57(26-40(62)63)15-17-59(28-42(66)67)18-16-58(14-12-56)27-41(64)65;/h5-6,8-9,19-21,24,36-37,55,73-75H,4,7,10-18,22-23,25-29H2,1-3H3,(H,49,70)(H,52,69)(H,54,61)(H,62,63)(H,64,65)(H,66,67)(H,71,72)(H2,50,51,53);/q;+3/p-3/t36-,37-;/m0./s1. The number of imidazole rings is 1. The van der Waals surface area contributed by atoms with Crippen molar-refractivity contribution in [3.63, 3.8) is 0 Å². The number of aromatic amines is 1. The minimum Gasteiger partial charge on any atom is -0.480 e. The fourth-order valence-corrected chi connectivity index (χ4v) is 14.7. The normalized spacial score (nSPS) is 19.6. The van der Waals surface area contributed by atoms with Crippen molar-refractivity contribution in [2.45, 2.75) is 57.3 Å². The van der Waals surface area contributed by atoms with Crippen LogP contribution in [0.3, 0.4) is 0 Å². The summed E-state index contributed by atoms with van der Waals surface area (Å²) in [5.74, 6) is -6.88. The van der Waals surface area contributed by atoms with Crippen molar-refractivity contribution in [3.8, 4) is 0 Å². The van der Waals surface area contributed by atoms with Gasteiger partial charge in [-0.1, -0.05) is 23.8 Å². The molecule has 3 amide bonds. The molecule has 0 spiro atoms. The predicted molar refractivity (Wildman–Crippen MR) is 289 cm³/mol. The third-order valence-electron chi connectivity index (χ3n) is 13.2. The minimum atomic E-state index is -4.41. The van der Waals surface area contributed by atoms with Gasteiger partial charge in [-0.15, -0.1) is 0 Å². The van der Waals surface area contributed by atoms with E-state index in [1.807, 2.05) is 4.90 Å². The molecule has 2 aromatic heterocycles. The van der Waals surface area contributed by atoms with Gasteiger partial charge in [0.2, 0.25) is 15.5 Å². The van der Waals surface area contributed by atoms with Crippen LogP contribution in [0.2, 0.25) is 0 Å². The van der Waals surface area contributed by atoms with E-state index in [1.54, 1.807) is 76.7 Å². The Labute approximate surface area is 470 Å². The van der Waals surface area contributed by atoms with Crippen LogP contribution in [0.1, 0.15) is 39.0 Å². The van der Waals surface area contributed by atoms with Gasteiger partial charge in [0.05, 0.1) is 21.3 Å². The first-order chi connectivity index (χ1) is 37.9. The Hall–Kier alpha value is -6.20. The van der Waals surface area contributed by atoms with Crippen LogP contribution in [0.4, 0.5) is 5.95 Å². The Morgan fingerprint density at radius 1 is 0.800 bits per heavy atom. The fourth-order valence-electron chi connectivity index (χ4n) is 9.45. The Kier molecular flexibility index (Phi) is 21.1. The van der Waals surface area contributed by atoms with Crippen molar-refractivity contribution in [1.82, 2.24) is 54.8 Å². The van der Waals surface area contributed by atoms with Crippen molar-refractivity contribution >= 4 is 102 Å². The first-order valence-corrected chi connectivity index (χ1v) is 32.6. The smallest absolute Gasteiger partial charge is 0.323 e. The molecule has 4 aromatic rings. The number of benzene rings is 2. The van der Waals surface area contributed by atoms with Gasteiger partial charge in [-0.2, -0.15) is 4.72 Å². The van der Waals surface area contributed by atoms with Gasteiger partial charge in [-0.3, -0.25) is 19.2 Å². The van der Waals surface area contributed by atoms with Gasteiger partial charge in [0.25, 0.3) is 5.91 Å². The molecule has 3 aliphatic heterocycles. The molecule has 0 saturated carbocycles. The first kappa shape index (κ1) is 61.4. The minimum absolute atomic E-state index is 0.0251. The molecule has 5 heterocycles. The van der Waals surface area contributed by atoms with Crippen molar-refractivity contribution in [2.24, 2.45) is 0 Å². The largest absolute Gasteiger partial charge is 0.480 e. The topological polar surface area (TPSA) is 386 Å². The van der Waals surface area contributed by atoms with Crippen LogP contribution < -0.4 is 31.4 Å². The second-order valence-corrected chi connectivity index (χ2v) is 26.5. The van der Waals surface area contributed by atoms with Crippen molar-refractivity contribution in [2.75, 3.05) is 103 Å². The number of H-pyrrole nitrogens is 1. The Morgan fingerprint density at radius 2 is 1.39 bits per heavy atom. The molecule has 0 radical (unpaired) electrons. The maximum atomic E-state index is 14.0. The van der Waals surface area contributed by atoms with E-state index in [9.17, 15) is 65.5 Å². The monoisotopic (exact) mass is 1260 g/mol. The van der Waals surface area contributed by atoms with Gasteiger partial charge in [0.15, 0.2) is 5.95 Å². The molecule has 2 unspecified atom stereocenters. The number of nitrogens with zero attached hydrogens (tertiary/aromatic N) is 6. The summed E-state index contributed by atoms with van der Waals surface area (Å²) < 4.78 is 77.2. The molecule has 32 heteroatoms. The Morgan fingerprint density at radius 3 is 1.94 bits per heavy atom. The summed E-state index contributed by atoms with van der Waals surface area (Å²) >= 11 is -4.37. The van der Waals surface area contributed by atoms with E-state index in [-0.39, 0.29) is 88.7 Å². The number of nitrogens with one attached hydrogen (secondary N) is 6. The third kappa shape index (κ3) is 17.6. The van der Waals surface area contributed by atoms with Crippen molar-refractivity contribution in [3.05, 3.63) is 87.0 Å². The Balaban J connectivity index is 1.04. The molecular formula is C48H65InN12O17S2. The van der Waals surface area contributed by atoms with Crippen LogP contribution in [0.15, 0.2) is 58.6 Å². The Bertz CT molecular complexity index is 3070.